The zero-order valence-electron chi connectivity index (χ0n) is 8.69. The lowest BCUT2D eigenvalue weighted by Gasteiger charge is -2.06. The minimum atomic E-state index is -0.516. The molecule has 8 heteroatoms. The Hall–Kier alpha value is -1.43. The monoisotopic (exact) mass is 302 g/mol. The van der Waals surface area contributed by atoms with Crippen LogP contribution >= 0.6 is 34.8 Å². The summed E-state index contributed by atoms with van der Waals surface area (Å²) < 4.78 is 0. The molecule has 0 atom stereocenters. The van der Waals surface area contributed by atoms with E-state index in [-0.39, 0.29) is 21.7 Å². The molecule has 1 amide bonds. The van der Waals surface area contributed by atoms with Crippen molar-refractivity contribution >= 4 is 46.5 Å². The molecule has 0 bridgehead atoms. The molecule has 1 N–H and O–H groups in total. The van der Waals surface area contributed by atoms with E-state index in [9.17, 15) is 4.79 Å². The highest BCUT2D eigenvalue weighted by atomic mass is 35.5. The number of halogens is 3. The number of carbonyl (C=O) groups is 1. The molecule has 18 heavy (non-hydrogen) atoms. The largest absolute Gasteiger partial charge is 0.305 e. The van der Waals surface area contributed by atoms with Crippen molar-refractivity contribution in [3.63, 3.8) is 0 Å². The van der Waals surface area contributed by atoms with Gasteiger partial charge in [-0.15, -0.1) is 10.2 Å². The van der Waals surface area contributed by atoms with Crippen LogP contribution in [0.5, 0.6) is 0 Å². The number of carbonyl (C=O) groups excluding carboxylic acids is 1. The summed E-state index contributed by atoms with van der Waals surface area (Å²) >= 11 is 17.3. The molecule has 0 saturated heterocycles. The normalized spacial score (nSPS) is 10.2. The average Bonchev–Trinajstić information content (AvgIpc) is 2.35. The first-order valence-electron chi connectivity index (χ1n) is 4.68. The SMILES string of the molecule is O=C(Nc1ncccc1Cl)c1cc(Cl)nnc1Cl. The van der Waals surface area contributed by atoms with Crippen molar-refractivity contribution in [2.24, 2.45) is 0 Å². The molecule has 2 aromatic rings. The predicted molar refractivity (Wildman–Crippen MR) is 69.3 cm³/mol. The molecule has 0 unspecified atom stereocenters. The second-order valence-electron chi connectivity index (χ2n) is 3.16. The van der Waals surface area contributed by atoms with E-state index in [0.717, 1.165) is 0 Å². The highest BCUT2D eigenvalue weighted by Gasteiger charge is 2.15. The van der Waals surface area contributed by atoms with E-state index in [0.29, 0.717) is 5.02 Å². The van der Waals surface area contributed by atoms with E-state index >= 15 is 0 Å². The second kappa shape index (κ2) is 5.48. The molecule has 0 spiro atoms. The first-order chi connectivity index (χ1) is 8.58. The van der Waals surface area contributed by atoms with E-state index in [1.807, 2.05) is 0 Å². The molecule has 0 aliphatic heterocycles. The van der Waals surface area contributed by atoms with Gasteiger partial charge in [-0.05, 0) is 18.2 Å². The highest BCUT2D eigenvalue weighted by Crippen LogP contribution is 2.20. The number of amides is 1. The van der Waals surface area contributed by atoms with Crippen molar-refractivity contribution in [1.82, 2.24) is 15.2 Å². The fraction of sp³-hybridized carbons (Fsp3) is 0. The predicted octanol–water partition coefficient (Wildman–Crippen LogP) is 3.08. The summed E-state index contributed by atoms with van der Waals surface area (Å²) in [4.78, 5) is 15.8. The summed E-state index contributed by atoms with van der Waals surface area (Å²) in [5, 5.41) is 9.87. The Labute approximate surface area is 117 Å². The van der Waals surface area contributed by atoms with Crippen LogP contribution in [0.15, 0.2) is 24.4 Å². The lowest BCUT2D eigenvalue weighted by molar-refractivity contribution is 0.102. The third kappa shape index (κ3) is 2.87. The van der Waals surface area contributed by atoms with Crippen LogP contribution in [0.1, 0.15) is 10.4 Å². The minimum Gasteiger partial charge on any atom is -0.305 e. The number of aromatic nitrogens is 3. The lowest BCUT2D eigenvalue weighted by Crippen LogP contribution is -2.14. The van der Waals surface area contributed by atoms with Crippen LogP contribution in [0.4, 0.5) is 5.82 Å². The molecule has 0 fully saturated rings. The van der Waals surface area contributed by atoms with E-state index < -0.39 is 5.91 Å². The van der Waals surface area contributed by atoms with Crippen LogP contribution in [-0.4, -0.2) is 21.1 Å². The molecular formula is C10H5Cl3N4O. The third-order valence-corrected chi connectivity index (χ3v) is 2.72. The van der Waals surface area contributed by atoms with E-state index in [1.165, 1.54) is 12.3 Å². The zero-order valence-corrected chi connectivity index (χ0v) is 11.0. The van der Waals surface area contributed by atoms with Gasteiger partial charge in [0.25, 0.3) is 5.91 Å². The molecule has 2 heterocycles. The van der Waals surface area contributed by atoms with Crippen LogP contribution in [0, 0.1) is 0 Å². The lowest BCUT2D eigenvalue weighted by atomic mass is 10.3. The molecule has 5 nitrogen and oxygen atoms in total. The Morgan fingerprint density at radius 2 is 2.00 bits per heavy atom. The molecule has 0 radical (unpaired) electrons. The van der Waals surface area contributed by atoms with Crippen molar-refractivity contribution in [1.29, 1.82) is 0 Å². The fourth-order valence-corrected chi connectivity index (χ4v) is 1.66. The Bertz CT molecular complexity index is 605. The topological polar surface area (TPSA) is 67.8 Å². The smallest absolute Gasteiger partial charge is 0.260 e. The summed E-state index contributed by atoms with van der Waals surface area (Å²) in [6.45, 7) is 0. The van der Waals surface area contributed by atoms with Gasteiger partial charge in [0, 0.05) is 6.20 Å². The third-order valence-electron chi connectivity index (χ3n) is 1.95. The van der Waals surface area contributed by atoms with Gasteiger partial charge in [-0.25, -0.2) is 4.98 Å². The second-order valence-corrected chi connectivity index (χ2v) is 4.31. The van der Waals surface area contributed by atoms with Gasteiger partial charge >= 0.3 is 0 Å². The molecule has 0 aliphatic carbocycles. The van der Waals surface area contributed by atoms with Gasteiger partial charge in [-0.2, -0.15) is 0 Å². The molecule has 0 aromatic carbocycles. The standard InChI is InChI=1S/C10H5Cl3N4O/c11-6-2-1-3-14-9(6)15-10(18)5-4-7(12)16-17-8(5)13/h1-4H,(H,14,15,18). The molecule has 2 aromatic heterocycles. The number of rotatable bonds is 2. The van der Waals surface area contributed by atoms with Crippen molar-refractivity contribution in [3.8, 4) is 0 Å². The quantitative estimate of drug-likeness (QED) is 0.925. The van der Waals surface area contributed by atoms with Gasteiger partial charge in [0.2, 0.25) is 0 Å². The molecule has 2 rings (SSSR count). The van der Waals surface area contributed by atoms with E-state index in [2.05, 4.69) is 20.5 Å². The molecular weight excluding hydrogens is 298 g/mol. The Morgan fingerprint density at radius 3 is 2.72 bits per heavy atom. The van der Waals surface area contributed by atoms with Gasteiger partial charge in [-0.3, -0.25) is 4.79 Å². The number of hydrogen-bond donors (Lipinski definition) is 1. The van der Waals surface area contributed by atoms with Gasteiger partial charge < -0.3 is 5.32 Å². The van der Waals surface area contributed by atoms with Gasteiger partial charge in [0.05, 0.1) is 10.6 Å². The summed E-state index contributed by atoms with van der Waals surface area (Å²) in [6, 6.07) is 4.56. The van der Waals surface area contributed by atoms with Crippen LogP contribution in [0.25, 0.3) is 0 Å². The van der Waals surface area contributed by atoms with Crippen LogP contribution in [0.3, 0.4) is 0 Å². The van der Waals surface area contributed by atoms with Gasteiger partial charge in [0.15, 0.2) is 16.1 Å². The van der Waals surface area contributed by atoms with E-state index in [4.69, 9.17) is 34.8 Å². The van der Waals surface area contributed by atoms with Crippen LogP contribution < -0.4 is 5.32 Å². The Morgan fingerprint density at radius 1 is 1.22 bits per heavy atom. The molecule has 92 valence electrons. The Balaban J connectivity index is 2.28. The summed E-state index contributed by atoms with van der Waals surface area (Å²) in [5.41, 5.74) is 0.0957. The van der Waals surface area contributed by atoms with Crippen LogP contribution in [0.2, 0.25) is 15.3 Å². The number of nitrogens with zero attached hydrogens (tertiary/aromatic N) is 3. The van der Waals surface area contributed by atoms with Crippen molar-refractivity contribution in [3.05, 3.63) is 45.3 Å². The first-order valence-corrected chi connectivity index (χ1v) is 5.82. The highest BCUT2D eigenvalue weighted by molar-refractivity contribution is 6.35. The number of anilines is 1. The number of nitrogens with one attached hydrogen (secondary N) is 1. The van der Waals surface area contributed by atoms with Crippen molar-refractivity contribution in [2.75, 3.05) is 5.32 Å². The fourth-order valence-electron chi connectivity index (χ4n) is 1.16. The Kier molecular flexibility index (Phi) is 3.96. The summed E-state index contributed by atoms with van der Waals surface area (Å²) in [5.74, 6) is -0.287. The molecule has 0 aliphatic rings. The summed E-state index contributed by atoms with van der Waals surface area (Å²) in [6.07, 6.45) is 1.50. The van der Waals surface area contributed by atoms with Gasteiger partial charge in [0.1, 0.15) is 0 Å². The maximum absolute atomic E-state index is 11.9. The van der Waals surface area contributed by atoms with Crippen LogP contribution in [-0.2, 0) is 0 Å². The number of pyridine rings is 1. The first kappa shape index (κ1) is 13.0. The molecule has 0 saturated carbocycles. The van der Waals surface area contributed by atoms with Crippen molar-refractivity contribution < 1.29 is 4.79 Å². The zero-order chi connectivity index (χ0) is 13.1. The minimum absolute atomic E-state index is 0.0519. The summed E-state index contributed by atoms with van der Waals surface area (Å²) in [7, 11) is 0. The van der Waals surface area contributed by atoms with Crippen molar-refractivity contribution in [2.45, 2.75) is 0 Å². The van der Waals surface area contributed by atoms with E-state index in [1.54, 1.807) is 12.1 Å². The van der Waals surface area contributed by atoms with Gasteiger partial charge in [-0.1, -0.05) is 34.8 Å². The number of hydrogen-bond acceptors (Lipinski definition) is 4. The maximum Gasteiger partial charge on any atom is 0.260 e. The average molecular weight is 304 g/mol. The maximum atomic E-state index is 11.9.